The second kappa shape index (κ2) is 6.69. The number of benzene rings is 1. The van der Waals surface area contributed by atoms with Crippen LogP contribution in [0.1, 0.15) is 5.56 Å². The van der Waals surface area contributed by atoms with Crippen molar-refractivity contribution in [1.29, 1.82) is 0 Å². The fraction of sp³-hybridized carbons (Fsp3) is 0.333. The zero-order chi connectivity index (χ0) is 14.4. The topological polar surface area (TPSA) is 92.9 Å². The van der Waals surface area contributed by atoms with Crippen LogP contribution in [0.15, 0.2) is 18.2 Å². The Hall–Kier alpha value is -2.15. The molecule has 0 fully saturated rings. The first-order valence-electron chi connectivity index (χ1n) is 5.47. The quantitative estimate of drug-likeness (QED) is 0.738. The van der Waals surface area contributed by atoms with Crippen molar-refractivity contribution in [1.82, 2.24) is 4.90 Å². The lowest BCUT2D eigenvalue weighted by Gasteiger charge is -2.18. The number of halogens is 1. The van der Waals surface area contributed by atoms with E-state index in [0.29, 0.717) is 5.56 Å². The monoisotopic (exact) mass is 270 g/mol. The van der Waals surface area contributed by atoms with Crippen LogP contribution in [0, 0.1) is 5.82 Å². The first-order chi connectivity index (χ1) is 8.92. The van der Waals surface area contributed by atoms with E-state index in [1.807, 2.05) is 0 Å². The summed E-state index contributed by atoms with van der Waals surface area (Å²) in [5, 5.41) is 8.72. The second-order valence-corrected chi connectivity index (χ2v) is 3.97. The second-order valence-electron chi connectivity index (χ2n) is 3.97. The average Bonchev–Trinajstić information content (AvgIpc) is 2.27. The molecule has 0 saturated heterocycles. The number of amides is 1. The molecule has 0 unspecified atom stereocenters. The maximum atomic E-state index is 13.5. The summed E-state index contributed by atoms with van der Waals surface area (Å²) < 4.78 is 18.3. The third-order valence-electron chi connectivity index (χ3n) is 2.36. The van der Waals surface area contributed by atoms with Crippen molar-refractivity contribution in [2.75, 3.05) is 20.2 Å². The van der Waals surface area contributed by atoms with Crippen molar-refractivity contribution in [3.63, 3.8) is 0 Å². The molecule has 0 atom stereocenters. The number of ether oxygens (including phenoxy) is 1. The summed E-state index contributed by atoms with van der Waals surface area (Å²) >= 11 is 0. The molecule has 1 amide bonds. The summed E-state index contributed by atoms with van der Waals surface area (Å²) in [4.78, 5) is 22.8. The smallest absolute Gasteiger partial charge is 0.317 e. The average molecular weight is 270 g/mol. The number of carboxylic acid groups (broad SMARTS) is 1. The molecule has 0 aliphatic heterocycles. The highest BCUT2D eigenvalue weighted by molar-refractivity contribution is 5.77. The largest absolute Gasteiger partial charge is 0.494 e. The van der Waals surface area contributed by atoms with Gasteiger partial charge in [0.2, 0.25) is 5.91 Å². The van der Waals surface area contributed by atoms with Crippen LogP contribution in [0.5, 0.6) is 5.75 Å². The number of carbonyl (C=O) groups excluding carboxylic acids is 1. The molecule has 104 valence electrons. The van der Waals surface area contributed by atoms with Crippen LogP contribution in [0.2, 0.25) is 0 Å². The highest BCUT2D eigenvalue weighted by atomic mass is 19.1. The van der Waals surface area contributed by atoms with E-state index in [4.69, 9.17) is 15.6 Å². The summed E-state index contributed by atoms with van der Waals surface area (Å²) in [5.41, 5.74) is 5.56. The SMILES string of the molecule is COc1ccc(CN(CC(N)=O)CC(=O)O)cc1F. The van der Waals surface area contributed by atoms with E-state index in [1.54, 1.807) is 6.07 Å². The Balaban J connectivity index is 2.80. The lowest BCUT2D eigenvalue weighted by Crippen LogP contribution is -2.36. The van der Waals surface area contributed by atoms with Crippen molar-refractivity contribution < 1.29 is 23.8 Å². The molecule has 7 heteroatoms. The number of hydrogen-bond donors (Lipinski definition) is 2. The summed E-state index contributed by atoms with van der Waals surface area (Å²) in [6.45, 7) is -0.452. The van der Waals surface area contributed by atoms with E-state index in [2.05, 4.69) is 0 Å². The van der Waals surface area contributed by atoms with Gasteiger partial charge in [0.1, 0.15) is 0 Å². The first-order valence-corrected chi connectivity index (χ1v) is 5.47. The van der Waals surface area contributed by atoms with Crippen molar-refractivity contribution >= 4 is 11.9 Å². The molecule has 3 N–H and O–H groups in total. The Kier molecular flexibility index (Phi) is 5.25. The Morgan fingerprint density at radius 3 is 2.58 bits per heavy atom. The van der Waals surface area contributed by atoms with Crippen LogP contribution in [0.25, 0.3) is 0 Å². The molecular formula is C12H15FN2O4. The van der Waals surface area contributed by atoms with E-state index in [0.717, 1.165) is 0 Å². The predicted molar refractivity (Wildman–Crippen MR) is 65.1 cm³/mol. The molecule has 0 aliphatic rings. The number of carboxylic acids is 1. The Labute approximate surface area is 109 Å². The summed E-state index contributed by atoms with van der Waals surface area (Å²) in [6, 6.07) is 4.26. The van der Waals surface area contributed by atoms with Gasteiger partial charge in [-0.1, -0.05) is 6.07 Å². The van der Waals surface area contributed by atoms with Gasteiger partial charge < -0.3 is 15.6 Å². The van der Waals surface area contributed by atoms with Crippen LogP contribution in [-0.2, 0) is 16.1 Å². The van der Waals surface area contributed by atoms with Gasteiger partial charge >= 0.3 is 5.97 Å². The molecule has 0 heterocycles. The minimum absolute atomic E-state index is 0.100. The Bertz CT molecular complexity index is 463. The predicted octanol–water partition coefficient (Wildman–Crippen LogP) is 0.206. The van der Waals surface area contributed by atoms with Gasteiger partial charge in [-0.3, -0.25) is 14.5 Å². The molecule has 0 saturated carbocycles. The molecule has 1 aromatic rings. The van der Waals surface area contributed by atoms with E-state index < -0.39 is 17.7 Å². The highest BCUT2D eigenvalue weighted by Crippen LogP contribution is 2.18. The van der Waals surface area contributed by atoms with Crippen LogP contribution >= 0.6 is 0 Å². The van der Waals surface area contributed by atoms with Gasteiger partial charge in [0.15, 0.2) is 11.6 Å². The number of rotatable bonds is 7. The van der Waals surface area contributed by atoms with Gasteiger partial charge in [-0.25, -0.2) is 4.39 Å². The minimum atomic E-state index is -1.09. The van der Waals surface area contributed by atoms with E-state index in [-0.39, 0.29) is 25.4 Å². The van der Waals surface area contributed by atoms with Crippen molar-refractivity contribution in [3.8, 4) is 5.75 Å². The standard InChI is InChI=1S/C12H15FN2O4/c1-19-10-3-2-8(4-9(10)13)5-15(6-11(14)16)7-12(17)18/h2-4H,5-7H2,1H3,(H2,14,16)(H,17,18). The summed E-state index contributed by atoms with van der Waals surface area (Å²) in [5.74, 6) is -2.18. The fourth-order valence-electron chi connectivity index (χ4n) is 1.65. The van der Waals surface area contributed by atoms with Gasteiger partial charge in [0, 0.05) is 6.54 Å². The van der Waals surface area contributed by atoms with Crippen LogP contribution in [0.3, 0.4) is 0 Å². The number of nitrogens with zero attached hydrogens (tertiary/aromatic N) is 1. The Morgan fingerprint density at radius 2 is 2.11 bits per heavy atom. The number of hydrogen-bond acceptors (Lipinski definition) is 4. The maximum absolute atomic E-state index is 13.5. The molecular weight excluding hydrogens is 255 g/mol. The first kappa shape index (κ1) is 14.9. The van der Waals surface area contributed by atoms with Crippen molar-refractivity contribution in [2.24, 2.45) is 5.73 Å². The lowest BCUT2D eigenvalue weighted by atomic mass is 10.2. The normalized spacial score (nSPS) is 10.5. The molecule has 19 heavy (non-hydrogen) atoms. The molecule has 0 radical (unpaired) electrons. The third kappa shape index (κ3) is 4.92. The number of aliphatic carboxylic acids is 1. The summed E-state index contributed by atoms with van der Waals surface area (Å²) in [6.07, 6.45) is 0. The number of nitrogens with two attached hydrogens (primary N) is 1. The number of carbonyl (C=O) groups is 2. The van der Waals surface area contributed by atoms with Gasteiger partial charge in [-0.2, -0.15) is 0 Å². The number of primary amides is 1. The van der Waals surface area contributed by atoms with Crippen LogP contribution in [-0.4, -0.2) is 42.1 Å². The van der Waals surface area contributed by atoms with Crippen molar-refractivity contribution in [3.05, 3.63) is 29.6 Å². The molecule has 1 rings (SSSR count). The molecule has 0 aromatic heterocycles. The Morgan fingerprint density at radius 1 is 1.42 bits per heavy atom. The van der Waals surface area contributed by atoms with Gasteiger partial charge in [0.25, 0.3) is 0 Å². The molecule has 1 aromatic carbocycles. The van der Waals surface area contributed by atoms with Crippen molar-refractivity contribution in [2.45, 2.75) is 6.54 Å². The third-order valence-corrected chi connectivity index (χ3v) is 2.36. The van der Waals surface area contributed by atoms with Gasteiger partial charge in [0.05, 0.1) is 20.2 Å². The van der Waals surface area contributed by atoms with E-state index in [9.17, 15) is 14.0 Å². The van der Waals surface area contributed by atoms with Crippen LogP contribution < -0.4 is 10.5 Å². The zero-order valence-electron chi connectivity index (χ0n) is 10.4. The number of methoxy groups -OCH3 is 1. The summed E-state index contributed by atoms with van der Waals surface area (Å²) in [7, 11) is 1.35. The van der Waals surface area contributed by atoms with E-state index in [1.165, 1.54) is 24.1 Å². The molecule has 0 bridgehead atoms. The van der Waals surface area contributed by atoms with E-state index >= 15 is 0 Å². The molecule has 0 spiro atoms. The molecule has 6 nitrogen and oxygen atoms in total. The fourth-order valence-corrected chi connectivity index (χ4v) is 1.65. The minimum Gasteiger partial charge on any atom is -0.494 e. The van der Waals surface area contributed by atoms with Crippen LogP contribution in [0.4, 0.5) is 4.39 Å². The molecule has 0 aliphatic carbocycles. The lowest BCUT2D eigenvalue weighted by molar-refractivity contribution is -0.138. The van der Waals surface area contributed by atoms with Gasteiger partial charge in [-0.05, 0) is 17.7 Å². The maximum Gasteiger partial charge on any atom is 0.317 e. The van der Waals surface area contributed by atoms with Gasteiger partial charge in [-0.15, -0.1) is 0 Å². The highest BCUT2D eigenvalue weighted by Gasteiger charge is 2.14. The zero-order valence-corrected chi connectivity index (χ0v) is 10.4.